The number of nitrogens with zero attached hydrogens (tertiary/aromatic N) is 1. The second-order valence-electron chi connectivity index (χ2n) is 6.45. The van der Waals surface area contributed by atoms with Crippen LogP contribution in [0.15, 0.2) is 60.0 Å². The molecular formula is C21H17ClN2O2S. The third-order valence-corrected chi connectivity index (χ3v) is 5.82. The first-order chi connectivity index (χ1) is 13.0. The molecule has 1 N–H and O–H groups in total. The number of aryl methyl sites for hydroxylation is 1. The maximum Gasteiger partial charge on any atom is 0.255 e. The van der Waals surface area contributed by atoms with Crippen molar-refractivity contribution in [2.24, 2.45) is 0 Å². The normalized spacial score (nSPS) is 16.4. The van der Waals surface area contributed by atoms with Crippen LogP contribution >= 0.6 is 22.9 Å². The van der Waals surface area contributed by atoms with Crippen molar-refractivity contribution in [2.45, 2.75) is 13.0 Å². The van der Waals surface area contributed by atoms with Crippen LogP contribution in [-0.4, -0.2) is 23.3 Å². The van der Waals surface area contributed by atoms with Crippen LogP contribution in [0.3, 0.4) is 0 Å². The van der Waals surface area contributed by atoms with Crippen molar-refractivity contribution in [2.75, 3.05) is 11.9 Å². The van der Waals surface area contributed by atoms with E-state index in [-0.39, 0.29) is 24.4 Å². The number of thiophene rings is 1. The van der Waals surface area contributed by atoms with Crippen LogP contribution in [0.4, 0.5) is 5.69 Å². The zero-order valence-electron chi connectivity index (χ0n) is 14.6. The standard InChI is InChI=1S/C21H17ClN2O2S/c1-13-5-2-3-6-15(13)21(26)24-12-19(25)23-17-9-8-14(22)11-16(17)20(24)18-7-4-10-27-18/h2-11,20H,12H2,1H3,(H,23,25). The largest absolute Gasteiger partial charge is 0.324 e. The lowest BCUT2D eigenvalue weighted by Crippen LogP contribution is -2.39. The first kappa shape index (κ1) is 17.8. The number of halogens is 1. The maximum absolute atomic E-state index is 13.4. The van der Waals surface area contributed by atoms with Gasteiger partial charge in [0.05, 0.1) is 6.04 Å². The molecule has 6 heteroatoms. The van der Waals surface area contributed by atoms with E-state index in [9.17, 15) is 9.59 Å². The highest BCUT2D eigenvalue weighted by molar-refractivity contribution is 7.10. The molecule has 0 aliphatic carbocycles. The zero-order chi connectivity index (χ0) is 19.0. The van der Waals surface area contributed by atoms with Crippen molar-refractivity contribution in [3.63, 3.8) is 0 Å². The molecule has 1 aromatic heterocycles. The fraction of sp³-hybridized carbons (Fsp3) is 0.143. The quantitative estimate of drug-likeness (QED) is 0.670. The molecule has 2 amide bonds. The van der Waals surface area contributed by atoms with Crippen molar-refractivity contribution < 1.29 is 9.59 Å². The summed E-state index contributed by atoms with van der Waals surface area (Å²) in [5, 5.41) is 5.44. The summed E-state index contributed by atoms with van der Waals surface area (Å²) in [5.74, 6) is -0.394. The second kappa shape index (κ2) is 7.18. The Bertz CT molecular complexity index is 1020. The summed E-state index contributed by atoms with van der Waals surface area (Å²) in [6, 6.07) is 16.3. The number of benzene rings is 2. The number of carbonyl (C=O) groups excluding carboxylic acids is 2. The van der Waals surface area contributed by atoms with Gasteiger partial charge in [-0.15, -0.1) is 11.3 Å². The molecule has 0 fully saturated rings. The van der Waals surface area contributed by atoms with Gasteiger partial charge in [-0.2, -0.15) is 0 Å². The number of hydrogen-bond acceptors (Lipinski definition) is 3. The molecule has 1 atom stereocenters. The second-order valence-corrected chi connectivity index (χ2v) is 7.86. The van der Waals surface area contributed by atoms with Gasteiger partial charge in [0.15, 0.2) is 0 Å². The number of hydrogen-bond donors (Lipinski definition) is 1. The molecule has 2 aromatic carbocycles. The Hall–Kier alpha value is -2.63. The molecule has 0 saturated heterocycles. The molecule has 0 bridgehead atoms. The van der Waals surface area contributed by atoms with E-state index in [1.165, 1.54) is 0 Å². The average molecular weight is 397 g/mol. The summed E-state index contributed by atoms with van der Waals surface area (Å²) in [6.07, 6.45) is 0. The average Bonchev–Trinajstić information content (AvgIpc) is 3.13. The van der Waals surface area contributed by atoms with Gasteiger partial charge in [-0.1, -0.05) is 35.9 Å². The minimum absolute atomic E-state index is 0.0258. The van der Waals surface area contributed by atoms with E-state index in [0.29, 0.717) is 16.3 Å². The summed E-state index contributed by atoms with van der Waals surface area (Å²) >= 11 is 7.80. The predicted octanol–water partition coefficient (Wildman–Crippen LogP) is 4.89. The minimum Gasteiger partial charge on any atom is -0.324 e. The van der Waals surface area contributed by atoms with Crippen molar-refractivity contribution in [1.29, 1.82) is 0 Å². The number of anilines is 1. The summed E-state index contributed by atoms with van der Waals surface area (Å²) in [7, 11) is 0. The van der Waals surface area contributed by atoms with E-state index in [2.05, 4.69) is 5.32 Å². The van der Waals surface area contributed by atoms with E-state index in [0.717, 1.165) is 16.0 Å². The van der Waals surface area contributed by atoms with E-state index in [1.807, 2.05) is 48.7 Å². The fourth-order valence-electron chi connectivity index (χ4n) is 3.39. The first-order valence-electron chi connectivity index (χ1n) is 8.54. The van der Waals surface area contributed by atoms with E-state index >= 15 is 0 Å². The van der Waals surface area contributed by atoms with Crippen LogP contribution < -0.4 is 5.32 Å². The van der Waals surface area contributed by atoms with E-state index in [1.54, 1.807) is 34.4 Å². The highest BCUT2D eigenvalue weighted by Crippen LogP contribution is 2.39. The van der Waals surface area contributed by atoms with Crippen molar-refractivity contribution in [3.8, 4) is 0 Å². The lowest BCUT2D eigenvalue weighted by molar-refractivity contribution is -0.117. The van der Waals surface area contributed by atoms with E-state index < -0.39 is 0 Å². The molecule has 1 aliphatic heterocycles. The fourth-order valence-corrected chi connectivity index (χ4v) is 4.42. The maximum atomic E-state index is 13.4. The number of rotatable bonds is 2. The minimum atomic E-state index is -0.384. The molecule has 0 saturated carbocycles. The molecule has 3 aromatic rings. The summed E-state index contributed by atoms with van der Waals surface area (Å²) < 4.78 is 0. The lowest BCUT2D eigenvalue weighted by atomic mass is 10.00. The van der Waals surface area contributed by atoms with Crippen LogP contribution in [0.2, 0.25) is 5.02 Å². The van der Waals surface area contributed by atoms with Gasteiger partial charge in [0, 0.05) is 26.7 Å². The molecule has 27 heavy (non-hydrogen) atoms. The molecule has 136 valence electrons. The summed E-state index contributed by atoms with van der Waals surface area (Å²) in [4.78, 5) is 28.6. The smallest absolute Gasteiger partial charge is 0.255 e. The van der Waals surface area contributed by atoms with Crippen LogP contribution in [0, 0.1) is 6.92 Å². The SMILES string of the molecule is Cc1ccccc1C(=O)N1CC(=O)Nc2ccc(Cl)cc2C1c1cccs1. The molecule has 0 spiro atoms. The Morgan fingerprint density at radius 3 is 2.74 bits per heavy atom. The number of carbonyl (C=O) groups is 2. The van der Waals surface area contributed by atoms with Gasteiger partial charge >= 0.3 is 0 Å². The van der Waals surface area contributed by atoms with Crippen molar-refractivity contribution in [3.05, 3.63) is 86.6 Å². The monoisotopic (exact) mass is 396 g/mol. The van der Waals surface area contributed by atoms with Gasteiger partial charge in [0.25, 0.3) is 5.91 Å². The van der Waals surface area contributed by atoms with Crippen LogP contribution in [0.5, 0.6) is 0 Å². The van der Waals surface area contributed by atoms with Crippen LogP contribution in [0.1, 0.15) is 32.4 Å². The first-order valence-corrected chi connectivity index (χ1v) is 9.79. The zero-order valence-corrected chi connectivity index (χ0v) is 16.2. The Morgan fingerprint density at radius 2 is 2.00 bits per heavy atom. The van der Waals surface area contributed by atoms with Gasteiger partial charge in [0.2, 0.25) is 5.91 Å². The predicted molar refractivity (Wildman–Crippen MR) is 108 cm³/mol. The molecule has 1 aliphatic rings. The van der Waals surface area contributed by atoms with Crippen LogP contribution in [-0.2, 0) is 4.79 Å². The van der Waals surface area contributed by atoms with Crippen molar-refractivity contribution >= 4 is 40.4 Å². The molecule has 4 rings (SSSR count). The Labute approximate surface area is 166 Å². The third-order valence-electron chi connectivity index (χ3n) is 4.66. The Kier molecular flexibility index (Phi) is 4.72. The van der Waals surface area contributed by atoms with Crippen molar-refractivity contribution in [1.82, 2.24) is 4.90 Å². The number of fused-ring (bicyclic) bond motifs is 1. The van der Waals surface area contributed by atoms with E-state index in [4.69, 9.17) is 11.6 Å². The molecule has 1 unspecified atom stereocenters. The summed E-state index contributed by atoms with van der Waals surface area (Å²) in [5.41, 5.74) is 2.97. The molecular weight excluding hydrogens is 380 g/mol. The van der Waals surface area contributed by atoms with Gasteiger partial charge in [-0.25, -0.2) is 0 Å². The molecule has 0 radical (unpaired) electrons. The Morgan fingerprint density at radius 1 is 1.19 bits per heavy atom. The van der Waals surface area contributed by atoms with Gasteiger partial charge in [0.1, 0.15) is 6.54 Å². The molecule has 4 nitrogen and oxygen atoms in total. The molecule has 2 heterocycles. The Balaban J connectivity index is 1.89. The van der Waals surface area contributed by atoms with Crippen LogP contribution in [0.25, 0.3) is 0 Å². The van der Waals surface area contributed by atoms with Gasteiger partial charge in [-0.05, 0) is 48.2 Å². The van der Waals surface area contributed by atoms with Gasteiger partial charge < -0.3 is 10.2 Å². The third kappa shape index (κ3) is 3.36. The van der Waals surface area contributed by atoms with Gasteiger partial charge in [-0.3, -0.25) is 9.59 Å². The number of nitrogens with one attached hydrogen (secondary N) is 1. The summed E-state index contributed by atoms with van der Waals surface area (Å²) in [6.45, 7) is 1.87. The highest BCUT2D eigenvalue weighted by atomic mass is 35.5. The lowest BCUT2D eigenvalue weighted by Gasteiger charge is -2.30. The highest BCUT2D eigenvalue weighted by Gasteiger charge is 2.35. The number of amides is 2. The topological polar surface area (TPSA) is 49.4 Å².